The Balaban J connectivity index is 1.51. The molecule has 0 aliphatic carbocycles. The molecule has 3 aromatic carbocycles. The van der Waals surface area contributed by atoms with Gasteiger partial charge < -0.3 is 24.1 Å². The number of Topliss-reactive ketones (excluding diaryl/α,β-unsaturated/α-hetero) is 1. The van der Waals surface area contributed by atoms with Crippen LogP contribution in [-0.2, 0) is 9.59 Å². The molecule has 0 saturated carbocycles. The van der Waals surface area contributed by atoms with E-state index in [2.05, 4.69) is 11.9 Å². The lowest BCUT2D eigenvalue weighted by Gasteiger charge is -2.24. The molecule has 1 saturated heterocycles. The fourth-order valence-corrected chi connectivity index (χ4v) is 6.25. The standard InChI is InChI=1S/C31H27ClN2O7S/c1-3-4-11-39-21-9-5-17(14-23(21)38-2)27-26(28(35)18-6-10-22-24(15-18)41-13-12-40-22)29(36)30(37)34(27)31-33-20-8-7-19(32)16-25(20)42-31/h5-10,14-16,27,35H,3-4,11-13H2,1-2H3/b28-26+. The van der Waals surface area contributed by atoms with Crippen LogP contribution in [0.1, 0.15) is 36.9 Å². The van der Waals surface area contributed by atoms with Crippen LogP contribution in [0.3, 0.4) is 0 Å². The number of carbonyl (C=O) groups is 2. The molecule has 4 aromatic rings. The van der Waals surface area contributed by atoms with Gasteiger partial charge in [-0.15, -0.1) is 0 Å². The quantitative estimate of drug-likeness (QED) is 0.104. The lowest BCUT2D eigenvalue weighted by molar-refractivity contribution is -0.132. The zero-order chi connectivity index (χ0) is 29.4. The number of ether oxygens (including phenoxy) is 4. The highest BCUT2D eigenvalue weighted by Crippen LogP contribution is 2.46. The molecule has 0 bridgehead atoms. The molecule has 1 amide bonds. The molecule has 6 rings (SSSR count). The molecule has 216 valence electrons. The number of halogens is 1. The number of anilines is 1. The van der Waals surface area contributed by atoms with E-state index in [1.807, 2.05) is 0 Å². The summed E-state index contributed by atoms with van der Waals surface area (Å²) in [6.07, 6.45) is 1.85. The van der Waals surface area contributed by atoms with E-state index in [1.54, 1.807) is 54.6 Å². The number of aromatic nitrogens is 1. The number of thiazole rings is 1. The molecule has 1 aromatic heterocycles. The second-order valence-corrected chi connectivity index (χ2v) is 11.2. The van der Waals surface area contributed by atoms with Crippen LogP contribution in [0, 0.1) is 0 Å². The van der Waals surface area contributed by atoms with Crippen molar-refractivity contribution in [3.63, 3.8) is 0 Å². The number of unbranched alkanes of at least 4 members (excludes halogenated alkanes) is 1. The summed E-state index contributed by atoms with van der Waals surface area (Å²) >= 11 is 7.43. The molecule has 1 unspecified atom stereocenters. The van der Waals surface area contributed by atoms with Crippen molar-refractivity contribution >= 4 is 55.7 Å². The Kier molecular flexibility index (Phi) is 7.66. The Morgan fingerprint density at radius 2 is 1.88 bits per heavy atom. The van der Waals surface area contributed by atoms with Crippen LogP contribution in [0.4, 0.5) is 5.13 Å². The fourth-order valence-electron chi connectivity index (χ4n) is 4.98. The summed E-state index contributed by atoms with van der Waals surface area (Å²) in [6.45, 7) is 3.36. The molecule has 0 radical (unpaired) electrons. The molecule has 42 heavy (non-hydrogen) atoms. The smallest absolute Gasteiger partial charge is 0.301 e. The van der Waals surface area contributed by atoms with Gasteiger partial charge in [0.2, 0.25) is 0 Å². The van der Waals surface area contributed by atoms with Gasteiger partial charge in [-0.3, -0.25) is 14.5 Å². The number of aliphatic hydroxyl groups excluding tert-OH is 1. The van der Waals surface area contributed by atoms with E-state index < -0.39 is 17.7 Å². The SMILES string of the molecule is CCCCOc1ccc(C2/C(=C(\O)c3ccc4c(c3)OCCO4)C(=O)C(=O)N2c2nc3ccc(Cl)cc3s2)cc1OC. The van der Waals surface area contributed by atoms with Crippen molar-refractivity contribution in [2.24, 2.45) is 0 Å². The zero-order valence-electron chi connectivity index (χ0n) is 22.9. The number of benzene rings is 3. The summed E-state index contributed by atoms with van der Waals surface area (Å²) in [4.78, 5) is 33.3. The van der Waals surface area contributed by atoms with E-state index in [-0.39, 0.29) is 11.3 Å². The molecule has 1 atom stereocenters. The van der Waals surface area contributed by atoms with Crippen molar-refractivity contribution in [3.05, 3.63) is 76.3 Å². The number of hydrogen-bond donors (Lipinski definition) is 1. The van der Waals surface area contributed by atoms with Crippen LogP contribution in [0.15, 0.2) is 60.2 Å². The van der Waals surface area contributed by atoms with Crippen LogP contribution in [0.5, 0.6) is 23.0 Å². The van der Waals surface area contributed by atoms with Gasteiger partial charge in [-0.25, -0.2) is 4.98 Å². The average Bonchev–Trinajstić information content (AvgIpc) is 3.54. The van der Waals surface area contributed by atoms with Gasteiger partial charge in [-0.2, -0.15) is 0 Å². The summed E-state index contributed by atoms with van der Waals surface area (Å²) in [5, 5.41) is 12.4. The Hall–Kier alpha value is -4.28. The minimum atomic E-state index is -1.01. The van der Waals surface area contributed by atoms with Crippen molar-refractivity contribution in [2.45, 2.75) is 25.8 Å². The van der Waals surface area contributed by atoms with Gasteiger partial charge in [-0.1, -0.05) is 42.3 Å². The first-order chi connectivity index (χ1) is 20.4. The number of nitrogens with zero attached hydrogens (tertiary/aromatic N) is 2. The predicted molar refractivity (Wildman–Crippen MR) is 160 cm³/mol. The highest BCUT2D eigenvalue weighted by atomic mass is 35.5. The van der Waals surface area contributed by atoms with Crippen molar-refractivity contribution in [2.75, 3.05) is 31.8 Å². The minimum absolute atomic E-state index is 0.0873. The maximum atomic E-state index is 13.7. The largest absolute Gasteiger partial charge is 0.507 e. The Labute approximate surface area is 250 Å². The van der Waals surface area contributed by atoms with E-state index in [0.29, 0.717) is 69.6 Å². The molecular weight excluding hydrogens is 580 g/mol. The molecule has 0 spiro atoms. The third-order valence-corrected chi connectivity index (χ3v) is 8.32. The highest BCUT2D eigenvalue weighted by Gasteiger charge is 2.48. The van der Waals surface area contributed by atoms with Crippen molar-refractivity contribution in [1.29, 1.82) is 0 Å². The molecular formula is C31H27ClN2O7S. The number of ketones is 1. The van der Waals surface area contributed by atoms with Gasteiger partial charge in [0, 0.05) is 10.6 Å². The van der Waals surface area contributed by atoms with Crippen molar-refractivity contribution in [3.8, 4) is 23.0 Å². The Morgan fingerprint density at radius 1 is 1.07 bits per heavy atom. The van der Waals surface area contributed by atoms with Crippen molar-refractivity contribution in [1.82, 2.24) is 4.98 Å². The van der Waals surface area contributed by atoms with E-state index in [1.165, 1.54) is 23.3 Å². The van der Waals surface area contributed by atoms with Gasteiger partial charge in [0.1, 0.15) is 19.0 Å². The lowest BCUT2D eigenvalue weighted by Crippen LogP contribution is -2.29. The minimum Gasteiger partial charge on any atom is -0.507 e. The lowest BCUT2D eigenvalue weighted by atomic mass is 9.95. The Morgan fingerprint density at radius 3 is 2.67 bits per heavy atom. The van der Waals surface area contributed by atoms with Crippen LogP contribution >= 0.6 is 22.9 Å². The van der Waals surface area contributed by atoms with Crippen molar-refractivity contribution < 1.29 is 33.6 Å². The third kappa shape index (κ3) is 5.01. The number of aliphatic hydroxyl groups is 1. The topological polar surface area (TPSA) is 107 Å². The van der Waals surface area contributed by atoms with Crippen LogP contribution < -0.4 is 23.8 Å². The van der Waals surface area contributed by atoms with Gasteiger partial charge in [0.25, 0.3) is 5.78 Å². The summed E-state index contributed by atoms with van der Waals surface area (Å²) in [5.41, 5.74) is 1.38. The molecule has 11 heteroatoms. The number of hydrogen-bond acceptors (Lipinski definition) is 9. The van der Waals surface area contributed by atoms with Crippen LogP contribution in [0.25, 0.3) is 16.0 Å². The maximum absolute atomic E-state index is 13.7. The number of carbonyl (C=O) groups excluding carboxylic acids is 2. The monoisotopic (exact) mass is 606 g/mol. The van der Waals surface area contributed by atoms with Crippen LogP contribution in [0.2, 0.25) is 5.02 Å². The number of amides is 1. The molecule has 9 nitrogen and oxygen atoms in total. The molecule has 2 aliphatic heterocycles. The first-order valence-corrected chi connectivity index (χ1v) is 14.7. The summed E-state index contributed by atoms with van der Waals surface area (Å²) in [5.74, 6) is -0.0546. The second-order valence-electron chi connectivity index (χ2n) is 9.75. The molecule has 3 heterocycles. The molecule has 1 fully saturated rings. The van der Waals surface area contributed by atoms with E-state index in [0.717, 1.165) is 17.5 Å². The van der Waals surface area contributed by atoms with E-state index >= 15 is 0 Å². The first kappa shape index (κ1) is 27.9. The zero-order valence-corrected chi connectivity index (χ0v) is 24.5. The average molecular weight is 607 g/mol. The second kappa shape index (κ2) is 11.5. The highest BCUT2D eigenvalue weighted by molar-refractivity contribution is 7.22. The predicted octanol–water partition coefficient (Wildman–Crippen LogP) is 6.53. The van der Waals surface area contributed by atoms with Gasteiger partial charge in [-0.05, 0) is 60.5 Å². The number of methoxy groups -OCH3 is 1. The number of fused-ring (bicyclic) bond motifs is 2. The number of rotatable bonds is 8. The van der Waals surface area contributed by atoms with E-state index in [4.69, 9.17) is 30.5 Å². The van der Waals surface area contributed by atoms with Gasteiger partial charge >= 0.3 is 5.91 Å². The first-order valence-electron chi connectivity index (χ1n) is 13.5. The Bertz CT molecular complexity index is 1730. The maximum Gasteiger partial charge on any atom is 0.301 e. The van der Waals surface area contributed by atoms with E-state index in [9.17, 15) is 14.7 Å². The summed E-state index contributed by atoms with van der Waals surface area (Å²) in [7, 11) is 1.52. The van der Waals surface area contributed by atoms with Crippen LogP contribution in [-0.4, -0.2) is 48.7 Å². The summed E-state index contributed by atoms with van der Waals surface area (Å²) < 4.78 is 23.6. The van der Waals surface area contributed by atoms with Gasteiger partial charge in [0.15, 0.2) is 28.1 Å². The van der Waals surface area contributed by atoms with Gasteiger partial charge in [0.05, 0.1) is 35.5 Å². The normalized spacial score (nSPS) is 17.6. The summed E-state index contributed by atoms with van der Waals surface area (Å²) in [6, 6.07) is 14.3. The third-order valence-electron chi connectivity index (χ3n) is 7.06. The fraction of sp³-hybridized carbons (Fsp3) is 0.258. The molecule has 1 N–H and O–H groups in total. The molecule has 2 aliphatic rings.